The van der Waals surface area contributed by atoms with Crippen molar-refractivity contribution in [2.75, 3.05) is 0 Å². The highest BCUT2D eigenvalue weighted by Gasteiger charge is 2.33. The van der Waals surface area contributed by atoms with Crippen LogP contribution in [0, 0.1) is 17.2 Å². The molecule has 1 unspecified atom stereocenters. The van der Waals surface area contributed by atoms with Gasteiger partial charge in [-0.05, 0) is 42.5 Å². The van der Waals surface area contributed by atoms with E-state index in [-0.39, 0.29) is 24.3 Å². The highest BCUT2D eigenvalue weighted by Crippen LogP contribution is 2.34. The number of hydrogen-bond donors (Lipinski definition) is 2. The van der Waals surface area contributed by atoms with Crippen LogP contribution in [0.5, 0.6) is 0 Å². The molecule has 0 saturated heterocycles. The van der Waals surface area contributed by atoms with E-state index < -0.39 is 5.97 Å². The first kappa shape index (κ1) is 14.8. The van der Waals surface area contributed by atoms with Crippen LogP contribution < -0.4 is 5.32 Å². The van der Waals surface area contributed by atoms with Crippen LogP contribution in [-0.4, -0.2) is 23.0 Å². The minimum atomic E-state index is -0.905. The van der Waals surface area contributed by atoms with Gasteiger partial charge >= 0.3 is 5.97 Å². The van der Waals surface area contributed by atoms with Crippen LogP contribution in [0.4, 0.5) is 0 Å². The van der Waals surface area contributed by atoms with E-state index in [9.17, 15) is 9.59 Å². The van der Waals surface area contributed by atoms with Crippen LogP contribution >= 0.6 is 0 Å². The van der Waals surface area contributed by atoms with E-state index in [0.29, 0.717) is 5.56 Å². The SMILES string of the molecule is N#Cc1cccc(/C=C/C(=O)NC(CC(=O)O)C2CC2)c1. The van der Waals surface area contributed by atoms with Gasteiger partial charge in [0.15, 0.2) is 0 Å². The number of amides is 1. The normalized spacial score (nSPS) is 15.4. The maximum atomic E-state index is 11.8. The van der Waals surface area contributed by atoms with Gasteiger partial charge in [-0.25, -0.2) is 0 Å². The van der Waals surface area contributed by atoms with E-state index >= 15 is 0 Å². The van der Waals surface area contributed by atoms with E-state index in [4.69, 9.17) is 10.4 Å². The third-order valence-electron chi connectivity index (χ3n) is 3.36. The summed E-state index contributed by atoms with van der Waals surface area (Å²) in [7, 11) is 0. The summed E-state index contributed by atoms with van der Waals surface area (Å²) in [4.78, 5) is 22.6. The number of benzene rings is 1. The molecule has 2 rings (SSSR count). The Morgan fingerprint density at radius 1 is 1.48 bits per heavy atom. The van der Waals surface area contributed by atoms with Gasteiger partial charge in [0, 0.05) is 12.1 Å². The van der Waals surface area contributed by atoms with Crippen LogP contribution in [-0.2, 0) is 9.59 Å². The van der Waals surface area contributed by atoms with E-state index in [0.717, 1.165) is 18.4 Å². The first-order chi connectivity index (χ1) is 10.1. The molecule has 0 bridgehead atoms. The molecule has 1 aromatic carbocycles. The van der Waals surface area contributed by atoms with Crippen LogP contribution in [0.15, 0.2) is 30.3 Å². The van der Waals surface area contributed by atoms with Crippen molar-refractivity contribution in [3.8, 4) is 6.07 Å². The molecule has 0 aromatic heterocycles. The molecule has 5 heteroatoms. The standard InChI is InChI=1S/C16H16N2O3/c17-10-12-3-1-2-11(8-12)4-7-15(19)18-14(9-16(20)21)13-5-6-13/h1-4,7-8,13-14H,5-6,9H2,(H,18,19)(H,20,21)/b7-4+. The van der Waals surface area contributed by atoms with Gasteiger partial charge in [0.2, 0.25) is 5.91 Å². The van der Waals surface area contributed by atoms with Gasteiger partial charge in [0.05, 0.1) is 18.1 Å². The number of nitrogens with one attached hydrogen (secondary N) is 1. The van der Waals surface area contributed by atoms with E-state index in [2.05, 4.69) is 5.32 Å². The Morgan fingerprint density at radius 3 is 2.86 bits per heavy atom. The number of nitriles is 1. The molecular weight excluding hydrogens is 268 g/mol. The molecule has 1 aliphatic rings. The zero-order valence-electron chi connectivity index (χ0n) is 11.5. The van der Waals surface area contributed by atoms with Gasteiger partial charge < -0.3 is 10.4 Å². The van der Waals surface area contributed by atoms with Gasteiger partial charge in [0.1, 0.15) is 0 Å². The highest BCUT2D eigenvalue weighted by atomic mass is 16.4. The molecule has 1 saturated carbocycles. The van der Waals surface area contributed by atoms with Crippen molar-refractivity contribution in [1.29, 1.82) is 5.26 Å². The number of aliphatic carboxylic acids is 1. The lowest BCUT2D eigenvalue weighted by atomic mass is 10.1. The molecule has 108 valence electrons. The average Bonchev–Trinajstić information content (AvgIpc) is 3.29. The quantitative estimate of drug-likeness (QED) is 0.781. The molecule has 0 aliphatic heterocycles. The second-order valence-corrected chi connectivity index (χ2v) is 5.12. The number of carboxylic acid groups (broad SMARTS) is 1. The molecule has 0 heterocycles. The van der Waals surface area contributed by atoms with E-state index in [1.165, 1.54) is 6.08 Å². The Labute approximate surface area is 122 Å². The lowest BCUT2D eigenvalue weighted by Gasteiger charge is -2.14. The minimum absolute atomic E-state index is 0.0475. The molecule has 1 amide bonds. The average molecular weight is 284 g/mol. The number of nitrogens with zero attached hydrogens (tertiary/aromatic N) is 1. The molecule has 1 aliphatic carbocycles. The minimum Gasteiger partial charge on any atom is -0.481 e. The summed E-state index contributed by atoms with van der Waals surface area (Å²) in [6, 6.07) is 8.63. The summed E-state index contributed by atoms with van der Waals surface area (Å²) in [5, 5.41) is 20.4. The zero-order chi connectivity index (χ0) is 15.2. The molecule has 1 atom stereocenters. The zero-order valence-corrected chi connectivity index (χ0v) is 11.5. The van der Waals surface area contributed by atoms with Crippen molar-refractivity contribution in [3.05, 3.63) is 41.5 Å². The third-order valence-corrected chi connectivity index (χ3v) is 3.36. The van der Waals surface area contributed by atoms with E-state index in [1.807, 2.05) is 6.07 Å². The number of carbonyl (C=O) groups is 2. The Balaban J connectivity index is 1.95. The fourth-order valence-corrected chi connectivity index (χ4v) is 2.14. The third kappa shape index (κ3) is 4.77. The largest absolute Gasteiger partial charge is 0.481 e. The van der Waals surface area contributed by atoms with Gasteiger partial charge in [-0.1, -0.05) is 12.1 Å². The molecule has 1 aromatic rings. The van der Waals surface area contributed by atoms with Crippen molar-refractivity contribution in [1.82, 2.24) is 5.32 Å². The predicted octanol–water partition coefficient (Wildman–Crippen LogP) is 1.94. The smallest absolute Gasteiger partial charge is 0.305 e. The lowest BCUT2D eigenvalue weighted by molar-refractivity contribution is -0.137. The van der Waals surface area contributed by atoms with Crippen LogP contribution in [0.25, 0.3) is 6.08 Å². The summed E-state index contributed by atoms with van der Waals surface area (Å²) in [6.07, 6.45) is 4.86. The van der Waals surface area contributed by atoms with Crippen LogP contribution in [0.1, 0.15) is 30.4 Å². The summed E-state index contributed by atoms with van der Waals surface area (Å²) in [6.45, 7) is 0. The predicted molar refractivity (Wildman–Crippen MR) is 77.1 cm³/mol. The molecule has 0 spiro atoms. The maximum absolute atomic E-state index is 11.8. The summed E-state index contributed by atoms with van der Waals surface area (Å²) in [5.74, 6) is -0.936. The fourth-order valence-electron chi connectivity index (χ4n) is 2.14. The molecule has 2 N–H and O–H groups in total. The van der Waals surface area contributed by atoms with E-state index in [1.54, 1.807) is 30.3 Å². The Morgan fingerprint density at radius 2 is 2.24 bits per heavy atom. The van der Waals surface area contributed by atoms with Crippen molar-refractivity contribution in [3.63, 3.8) is 0 Å². The Bertz CT molecular complexity index is 612. The van der Waals surface area contributed by atoms with Gasteiger partial charge in [0.25, 0.3) is 0 Å². The Kier molecular flexibility index (Phi) is 4.72. The topological polar surface area (TPSA) is 90.2 Å². The van der Waals surface area contributed by atoms with Crippen molar-refractivity contribution < 1.29 is 14.7 Å². The van der Waals surface area contributed by atoms with Crippen LogP contribution in [0.3, 0.4) is 0 Å². The van der Waals surface area contributed by atoms with Crippen LogP contribution in [0.2, 0.25) is 0 Å². The second-order valence-electron chi connectivity index (χ2n) is 5.12. The summed E-state index contributed by atoms with van der Waals surface area (Å²) in [5.41, 5.74) is 1.28. The highest BCUT2D eigenvalue weighted by molar-refractivity contribution is 5.92. The van der Waals surface area contributed by atoms with Gasteiger partial charge in [-0.15, -0.1) is 0 Å². The maximum Gasteiger partial charge on any atom is 0.305 e. The Hall–Kier alpha value is -2.61. The monoisotopic (exact) mass is 284 g/mol. The van der Waals surface area contributed by atoms with Crippen molar-refractivity contribution >= 4 is 18.0 Å². The molecule has 1 fully saturated rings. The lowest BCUT2D eigenvalue weighted by Crippen LogP contribution is -2.37. The molecule has 5 nitrogen and oxygen atoms in total. The second kappa shape index (κ2) is 6.71. The first-order valence-electron chi connectivity index (χ1n) is 6.79. The molecule has 21 heavy (non-hydrogen) atoms. The molecular formula is C16H16N2O3. The fraction of sp³-hybridized carbons (Fsp3) is 0.312. The van der Waals surface area contributed by atoms with Crippen molar-refractivity contribution in [2.24, 2.45) is 5.92 Å². The number of carbonyl (C=O) groups excluding carboxylic acids is 1. The van der Waals surface area contributed by atoms with Gasteiger partial charge in [-0.3, -0.25) is 9.59 Å². The molecule has 0 radical (unpaired) electrons. The van der Waals surface area contributed by atoms with Crippen molar-refractivity contribution in [2.45, 2.75) is 25.3 Å². The number of carboxylic acids is 1. The number of rotatable bonds is 6. The van der Waals surface area contributed by atoms with Gasteiger partial charge in [-0.2, -0.15) is 5.26 Å². The number of hydrogen-bond acceptors (Lipinski definition) is 3. The summed E-state index contributed by atoms with van der Waals surface area (Å²) < 4.78 is 0. The first-order valence-corrected chi connectivity index (χ1v) is 6.79. The summed E-state index contributed by atoms with van der Waals surface area (Å²) >= 11 is 0.